The zero-order valence-corrected chi connectivity index (χ0v) is 12.1. The Bertz CT molecular complexity index is 631. The van der Waals surface area contributed by atoms with Crippen LogP contribution in [0.5, 0.6) is 5.75 Å². The van der Waals surface area contributed by atoms with Crippen LogP contribution in [-0.4, -0.2) is 29.9 Å². The molecule has 1 aliphatic carbocycles. The Hall–Kier alpha value is -2.61. The van der Waals surface area contributed by atoms with Crippen molar-refractivity contribution in [2.24, 2.45) is 11.8 Å². The molecule has 0 radical (unpaired) electrons. The topological polar surface area (TPSA) is 70.4 Å². The van der Waals surface area contributed by atoms with Crippen LogP contribution in [0.3, 0.4) is 0 Å². The summed E-state index contributed by atoms with van der Waals surface area (Å²) in [5, 5.41) is 8.73. The van der Waals surface area contributed by atoms with Gasteiger partial charge in [0.25, 0.3) is 0 Å². The third-order valence-electron chi connectivity index (χ3n) is 4.17. The van der Waals surface area contributed by atoms with Crippen LogP contribution in [-0.2, 0) is 9.59 Å². The predicted octanol–water partition coefficient (Wildman–Crippen LogP) is 1.89. The van der Waals surface area contributed by atoms with Crippen LogP contribution in [0.4, 0.5) is 0 Å². The Balaban J connectivity index is 1.56. The van der Waals surface area contributed by atoms with Gasteiger partial charge in [-0.15, -0.1) is 0 Å². The molecule has 2 atom stereocenters. The summed E-state index contributed by atoms with van der Waals surface area (Å²) in [7, 11) is 0. The summed E-state index contributed by atoms with van der Waals surface area (Å²) >= 11 is 0. The van der Waals surface area contributed by atoms with Gasteiger partial charge in [0.1, 0.15) is 12.4 Å². The van der Waals surface area contributed by atoms with Crippen molar-refractivity contribution >= 4 is 11.8 Å². The number of benzene rings is 1. The van der Waals surface area contributed by atoms with Crippen LogP contribution in [0.1, 0.15) is 18.4 Å². The average molecular weight is 296 g/mol. The Labute approximate surface area is 128 Å². The van der Waals surface area contributed by atoms with E-state index in [9.17, 15) is 9.59 Å². The summed E-state index contributed by atoms with van der Waals surface area (Å²) in [5.74, 6) is 0.0857. The molecule has 0 spiro atoms. The standard InChI is InChI=1S/C17H16N2O3/c18-11-12-5-7-13(8-6-12)22-10-9-19-16(20)14-3-1-2-4-15(14)17(19)21/h1-2,5-8,14-15H,3-4,9-10H2/t14-,15-/m0/s1. The van der Waals surface area contributed by atoms with E-state index in [0.717, 1.165) is 0 Å². The van der Waals surface area contributed by atoms with Crippen LogP contribution >= 0.6 is 0 Å². The van der Waals surface area contributed by atoms with Gasteiger partial charge in [-0.25, -0.2) is 0 Å². The first-order valence-electron chi connectivity index (χ1n) is 7.34. The molecule has 3 rings (SSSR count). The molecule has 22 heavy (non-hydrogen) atoms. The quantitative estimate of drug-likeness (QED) is 0.628. The number of amides is 2. The number of rotatable bonds is 4. The predicted molar refractivity (Wildman–Crippen MR) is 78.7 cm³/mol. The lowest BCUT2D eigenvalue weighted by Crippen LogP contribution is -2.34. The van der Waals surface area contributed by atoms with Crippen LogP contribution < -0.4 is 4.74 Å². The molecule has 2 amide bonds. The molecule has 0 unspecified atom stereocenters. The lowest BCUT2D eigenvalue weighted by atomic mass is 9.85. The van der Waals surface area contributed by atoms with Crippen LogP contribution in [0.2, 0.25) is 0 Å². The first kappa shape index (κ1) is 14.3. The van der Waals surface area contributed by atoms with Gasteiger partial charge in [0.15, 0.2) is 0 Å². The molecule has 0 saturated carbocycles. The SMILES string of the molecule is N#Cc1ccc(OCCN2C(=O)[C@H]3CC=CC[C@@H]3C2=O)cc1. The molecule has 112 valence electrons. The second kappa shape index (κ2) is 6.02. The number of carbonyl (C=O) groups is 2. The van der Waals surface area contributed by atoms with E-state index in [1.807, 2.05) is 18.2 Å². The van der Waals surface area contributed by atoms with Gasteiger partial charge in [-0.05, 0) is 37.1 Å². The molecule has 5 nitrogen and oxygen atoms in total. The molecule has 0 N–H and O–H groups in total. The van der Waals surface area contributed by atoms with E-state index in [4.69, 9.17) is 10.00 Å². The maximum Gasteiger partial charge on any atom is 0.233 e. The second-order valence-electron chi connectivity index (χ2n) is 5.47. The van der Waals surface area contributed by atoms with Gasteiger partial charge >= 0.3 is 0 Å². The molecule has 0 bridgehead atoms. The highest BCUT2D eigenvalue weighted by atomic mass is 16.5. The number of ether oxygens (including phenoxy) is 1. The largest absolute Gasteiger partial charge is 0.492 e. The van der Waals surface area contributed by atoms with Crippen molar-refractivity contribution in [3.05, 3.63) is 42.0 Å². The van der Waals surface area contributed by atoms with Crippen molar-refractivity contribution in [3.63, 3.8) is 0 Å². The monoisotopic (exact) mass is 296 g/mol. The maximum atomic E-state index is 12.3. The summed E-state index contributed by atoms with van der Waals surface area (Å²) in [6.45, 7) is 0.529. The van der Waals surface area contributed by atoms with Crippen molar-refractivity contribution in [1.82, 2.24) is 4.90 Å². The molecular formula is C17H16N2O3. The van der Waals surface area contributed by atoms with Crippen LogP contribution in [0.15, 0.2) is 36.4 Å². The Morgan fingerprint density at radius 3 is 2.23 bits per heavy atom. The summed E-state index contributed by atoms with van der Waals surface area (Å²) in [5.41, 5.74) is 0.564. The van der Waals surface area contributed by atoms with E-state index < -0.39 is 0 Å². The third kappa shape index (κ3) is 2.60. The maximum absolute atomic E-state index is 12.3. The molecule has 1 aromatic carbocycles. The number of nitriles is 1. The van der Waals surface area contributed by atoms with Gasteiger partial charge in [0, 0.05) is 0 Å². The summed E-state index contributed by atoms with van der Waals surface area (Å²) < 4.78 is 5.55. The number of fused-ring (bicyclic) bond motifs is 1. The van der Waals surface area contributed by atoms with E-state index in [1.165, 1.54) is 4.90 Å². The molecule has 1 saturated heterocycles. The van der Waals surface area contributed by atoms with Crippen molar-refractivity contribution < 1.29 is 14.3 Å². The fourth-order valence-electron chi connectivity index (χ4n) is 2.97. The minimum atomic E-state index is -0.188. The highest BCUT2D eigenvalue weighted by Crippen LogP contribution is 2.34. The number of imide groups is 1. The van der Waals surface area contributed by atoms with Gasteiger partial charge < -0.3 is 4.74 Å². The highest BCUT2D eigenvalue weighted by Gasteiger charge is 2.46. The molecule has 1 heterocycles. The number of allylic oxidation sites excluding steroid dienone is 2. The first-order valence-corrected chi connectivity index (χ1v) is 7.34. The Morgan fingerprint density at radius 2 is 1.68 bits per heavy atom. The summed E-state index contributed by atoms with van der Waals surface area (Å²) in [4.78, 5) is 25.8. The van der Waals surface area contributed by atoms with Crippen molar-refractivity contribution in [1.29, 1.82) is 5.26 Å². The molecule has 1 aliphatic heterocycles. The lowest BCUT2D eigenvalue weighted by molar-refractivity contribution is -0.140. The Kier molecular flexibility index (Phi) is 3.92. The van der Waals surface area contributed by atoms with Crippen molar-refractivity contribution in [3.8, 4) is 11.8 Å². The molecule has 1 aromatic rings. The summed E-state index contributed by atoms with van der Waals surface area (Å²) in [6.07, 6.45) is 5.26. The van der Waals surface area contributed by atoms with E-state index in [1.54, 1.807) is 24.3 Å². The van der Waals surface area contributed by atoms with Gasteiger partial charge in [0.2, 0.25) is 11.8 Å². The van der Waals surface area contributed by atoms with Gasteiger partial charge in [-0.1, -0.05) is 12.2 Å². The minimum absolute atomic E-state index is 0.0808. The molecule has 5 heteroatoms. The highest BCUT2D eigenvalue weighted by molar-refractivity contribution is 6.05. The molecule has 1 fully saturated rings. The minimum Gasteiger partial charge on any atom is -0.492 e. The lowest BCUT2D eigenvalue weighted by Gasteiger charge is -2.15. The van der Waals surface area contributed by atoms with E-state index in [2.05, 4.69) is 0 Å². The Morgan fingerprint density at radius 1 is 1.09 bits per heavy atom. The van der Waals surface area contributed by atoms with E-state index >= 15 is 0 Å². The van der Waals surface area contributed by atoms with Gasteiger partial charge in [-0.2, -0.15) is 5.26 Å². The zero-order chi connectivity index (χ0) is 15.5. The fraction of sp³-hybridized carbons (Fsp3) is 0.353. The summed E-state index contributed by atoms with van der Waals surface area (Å²) in [6, 6.07) is 8.78. The number of hydrogen-bond acceptors (Lipinski definition) is 4. The number of hydrogen-bond donors (Lipinski definition) is 0. The molecule has 0 aromatic heterocycles. The van der Waals surface area contributed by atoms with Crippen molar-refractivity contribution in [2.45, 2.75) is 12.8 Å². The second-order valence-corrected chi connectivity index (χ2v) is 5.47. The molecular weight excluding hydrogens is 280 g/mol. The fourth-order valence-corrected chi connectivity index (χ4v) is 2.97. The number of carbonyl (C=O) groups excluding carboxylic acids is 2. The van der Waals surface area contributed by atoms with Crippen LogP contribution in [0, 0.1) is 23.2 Å². The van der Waals surface area contributed by atoms with E-state index in [0.29, 0.717) is 24.2 Å². The van der Waals surface area contributed by atoms with Gasteiger partial charge in [-0.3, -0.25) is 14.5 Å². The number of likely N-dealkylation sites (tertiary alicyclic amines) is 1. The first-order chi connectivity index (χ1) is 10.7. The number of nitrogens with zero attached hydrogens (tertiary/aromatic N) is 2. The van der Waals surface area contributed by atoms with Gasteiger partial charge in [0.05, 0.1) is 30.0 Å². The van der Waals surface area contributed by atoms with Crippen molar-refractivity contribution in [2.75, 3.05) is 13.2 Å². The smallest absolute Gasteiger partial charge is 0.233 e. The zero-order valence-electron chi connectivity index (χ0n) is 12.1. The van der Waals surface area contributed by atoms with Crippen LogP contribution in [0.25, 0.3) is 0 Å². The molecule has 2 aliphatic rings. The third-order valence-corrected chi connectivity index (χ3v) is 4.17. The van der Waals surface area contributed by atoms with E-state index in [-0.39, 0.29) is 36.8 Å². The normalized spacial score (nSPS) is 23.3. The average Bonchev–Trinajstić information content (AvgIpc) is 2.81.